The monoisotopic (exact) mass is 440 g/mol. The average molecular weight is 440 g/mol. The molecule has 0 aliphatic rings. The zero-order chi connectivity index (χ0) is 23.1. The van der Waals surface area contributed by atoms with E-state index in [9.17, 15) is 20.2 Å². The number of rotatable bonds is 10. The number of methoxy groups -OCH3 is 2. The van der Waals surface area contributed by atoms with Crippen molar-refractivity contribution < 1.29 is 28.8 Å². The molecule has 0 radical (unpaired) electrons. The standard InChI is InChI=1S/C22H20N2O8/c1-29-17-7-9-21(19(11-17)23(25)26)31-13-15-3-5-16(6-4-15)14-32-22-10-8-18(30-2)12-20(22)24(27)28/h3-12H,13-14H2,1-2H3. The maximum absolute atomic E-state index is 11.2. The summed E-state index contributed by atoms with van der Waals surface area (Å²) in [5, 5.41) is 22.5. The van der Waals surface area contributed by atoms with E-state index in [1.807, 2.05) is 0 Å². The van der Waals surface area contributed by atoms with E-state index in [0.717, 1.165) is 11.1 Å². The fourth-order valence-corrected chi connectivity index (χ4v) is 2.83. The fraction of sp³-hybridized carbons (Fsp3) is 0.182. The SMILES string of the molecule is COc1ccc(OCc2ccc(COc3ccc(OC)cc3[N+](=O)[O-])cc2)c([N+](=O)[O-])c1. The van der Waals surface area contributed by atoms with Crippen molar-refractivity contribution in [3.63, 3.8) is 0 Å². The van der Waals surface area contributed by atoms with Crippen LogP contribution in [0.5, 0.6) is 23.0 Å². The van der Waals surface area contributed by atoms with Gasteiger partial charge in [0.1, 0.15) is 24.7 Å². The van der Waals surface area contributed by atoms with Gasteiger partial charge in [-0.1, -0.05) is 24.3 Å². The molecule has 0 N–H and O–H groups in total. The molecule has 0 aromatic heterocycles. The number of nitrogens with zero attached hydrogens (tertiary/aromatic N) is 2. The number of nitro groups is 2. The van der Waals surface area contributed by atoms with Crippen LogP contribution in [-0.2, 0) is 13.2 Å². The van der Waals surface area contributed by atoms with Gasteiger partial charge < -0.3 is 18.9 Å². The van der Waals surface area contributed by atoms with Crippen molar-refractivity contribution in [3.05, 3.63) is 92.0 Å². The Morgan fingerprint density at radius 3 is 1.34 bits per heavy atom. The first-order valence-corrected chi connectivity index (χ1v) is 9.39. The molecular formula is C22H20N2O8. The van der Waals surface area contributed by atoms with Crippen molar-refractivity contribution in [1.29, 1.82) is 0 Å². The topological polar surface area (TPSA) is 123 Å². The lowest BCUT2D eigenvalue weighted by molar-refractivity contribution is -0.386. The molecule has 10 nitrogen and oxygen atoms in total. The van der Waals surface area contributed by atoms with Crippen LogP contribution < -0.4 is 18.9 Å². The molecule has 0 bridgehead atoms. The molecule has 0 heterocycles. The second-order valence-corrected chi connectivity index (χ2v) is 6.58. The molecule has 0 spiro atoms. The van der Waals surface area contributed by atoms with E-state index in [0.29, 0.717) is 11.5 Å². The van der Waals surface area contributed by atoms with E-state index >= 15 is 0 Å². The van der Waals surface area contributed by atoms with E-state index in [1.54, 1.807) is 36.4 Å². The number of benzene rings is 3. The lowest BCUT2D eigenvalue weighted by Crippen LogP contribution is -2.01. The van der Waals surface area contributed by atoms with Crippen molar-refractivity contribution >= 4 is 11.4 Å². The van der Waals surface area contributed by atoms with E-state index in [-0.39, 0.29) is 36.1 Å². The second-order valence-electron chi connectivity index (χ2n) is 6.58. The Labute approximate surface area is 183 Å². The maximum Gasteiger partial charge on any atom is 0.314 e. The van der Waals surface area contributed by atoms with Crippen LogP contribution in [0, 0.1) is 20.2 Å². The van der Waals surface area contributed by atoms with Gasteiger partial charge in [0, 0.05) is 0 Å². The summed E-state index contributed by atoms with van der Waals surface area (Å²) in [6, 6.07) is 15.9. The summed E-state index contributed by atoms with van der Waals surface area (Å²) in [5.41, 5.74) is 1.20. The van der Waals surface area contributed by atoms with Gasteiger partial charge in [-0.15, -0.1) is 0 Å². The van der Waals surface area contributed by atoms with Gasteiger partial charge in [0.2, 0.25) is 0 Å². The molecule has 0 saturated heterocycles. The Hall–Kier alpha value is -4.34. The summed E-state index contributed by atoms with van der Waals surface area (Å²) < 4.78 is 21.2. The highest BCUT2D eigenvalue weighted by Gasteiger charge is 2.18. The molecule has 0 fully saturated rings. The summed E-state index contributed by atoms with van der Waals surface area (Å²) in [5.74, 6) is 1.00. The molecule has 0 saturated carbocycles. The van der Waals surface area contributed by atoms with E-state index in [2.05, 4.69) is 0 Å². The van der Waals surface area contributed by atoms with Gasteiger partial charge in [-0.05, 0) is 35.4 Å². The van der Waals surface area contributed by atoms with Crippen LogP contribution in [0.15, 0.2) is 60.7 Å². The summed E-state index contributed by atoms with van der Waals surface area (Å²) in [6.07, 6.45) is 0. The van der Waals surface area contributed by atoms with Gasteiger partial charge in [0.05, 0.1) is 36.2 Å². The molecule has 10 heteroatoms. The highest BCUT2D eigenvalue weighted by Crippen LogP contribution is 2.32. The summed E-state index contributed by atoms with van der Waals surface area (Å²) in [6.45, 7) is 0.247. The minimum Gasteiger partial charge on any atom is -0.496 e. The molecular weight excluding hydrogens is 420 g/mol. The van der Waals surface area contributed by atoms with Crippen LogP contribution in [0.25, 0.3) is 0 Å². The molecule has 166 valence electrons. The molecule has 3 aromatic rings. The molecule has 0 aliphatic heterocycles. The summed E-state index contributed by atoms with van der Waals surface area (Å²) in [4.78, 5) is 21.4. The van der Waals surface area contributed by atoms with Gasteiger partial charge in [0.15, 0.2) is 11.5 Å². The van der Waals surface area contributed by atoms with Crippen molar-refractivity contribution in [2.75, 3.05) is 14.2 Å². The zero-order valence-electron chi connectivity index (χ0n) is 17.3. The van der Waals surface area contributed by atoms with Gasteiger partial charge in [-0.25, -0.2) is 0 Å². The Morgan fingerprint density at radius 2 is 1.03 bits per heavy atom. The van der Waals surface area contributed by atoms with Crippen LogP contribution in [0.4, 0.5) is 11.4 Å². The van der Waals surface area contributed by atoms with Gasteiger partial charge in [0.25, 0.3) is 0 Å². The second kappa shape index (κ2) is 10.1. The Kier molecular flexibility index (Phi) is 7.06. The largest absolute Gasteiger partial charge is 0.496 e. The first-order chi connectivity index (χ1) is 15.4. The molecule has 0 amide bonds. The van der Waals surface area contributed by atoms with Crippen molar-refractivity contribution in [2.45, 2.75) is 13.2 Å². The number of hydrogen-bond acceptors (Lipinski definition) is 8. The molecule has 0 aliphatic carbocycles. The van der Waals surface area contributed by atoms with Crippen LogP contribution in [0.3, 0.4) is 0 Å². The quantitative estimate of drug-likeness (QED) is 0.329. The lowest BCUT2D eigenvalue weighted by Gasteiger charge is -2.10. The number of ether oxygens (including phenoxy) is 4. The summed E-state index contributed by atoms with van der Waals surface area (Å²) >= 11 is 0. The third-order valence-electron chi connectivity index (χ3n) is 4.54. The van der Waals surface area contributed by atoms with Crippen molar-refractivity contribution in [1.82, 2.24) is 0 Å². The normalized spacial score (nSPS) is 10.3. The van der Waals surface area contributed by atoms with Crippen molar-refractivity contribution in [3.8, 4) is 23.0 Å². The number of nitro benzene ring substituents is 2. The Balaban J connectivity index is 1.63. The van der Waals surface area contributed by atoms with Gasteiger partial charge >= 0.3 is 11.4 Å². The molecule has 3 aromatic carbocycles. The third-order valence-corrected chi connectivity index (χ3v) is 4.54. The Bertz CT molecular complexity index is 1030. The van der Waals surface area contributed by atoms with Crippen LogP contribution in [0.1, 0.15) is 11.1 Å². The van der Waals surface area contributed by atoms with E-state index in [4.69, 9.17) is 18.9 Å². The van der Waals surface area contributed by atoms with E-state index < -0.39 is 9.85 Å². The highest BCUT2D eigenvalue weighted by atomic mass is 16.6. The number of hydrogen-bond donors (Lipinski definition) is 0. The Morgan fingerprint density at radius 1 is 0.656 bits per heavy atom. The molecule has 0 atom stereocenters. The summed E-state index contributed by atoms with van der Waals surface area (Å²) in [7, 11) is 2.86. The van der Waals surface area contributed by atoms with Crippen LogP contribution in [-0.4, -0.2) is 24.1 Å². The zero-order valence-corrected chi connectivity index (χ0v) is 17.3. The predicted molar refractivity (Wildman–Crippen MR) is 114 cm³/mol. The third kappa shape index (κ3) is 5.42. The maximum atomic E-state index is 11.2. The smallest absolute Gasteiger partial charge is 0.314 e. The van der Waals surface area contributed by atoms with Crippen LogP contribution >= 0.6 is 0 Å². The highest BCUT2D eigenvalue weighted by molar-refractivity contribution is 5.51. The van der Waals surface area contributed by atoms with Gasteiger partial charge in [-0.2, -0.15) is 0 Å². The minimum atomic E-state index is -0.531. The average Bonchev–Trinajstić information content (AvgIpc) is 2.81. The fourth-order valence-electron chi connectivity index (χ4n) is 2.83. The van der Waals surface area contributed by atoms with Crippen LogP contribution in [0.2, 0.25) is 0 Å². The molecule has 0 unspecified atom stereocenters. The van der Waals surface area contributed by atoms with Crippen molar-refractivity contribution in [2.24, 2.45) is 0 Å². The predicted octanol–water partition coefficient (Wildman–Crippen LogP) is 4.68. The lowest BCUT2D eigenvalue weighted by atomic mass is 10.1. The molecule has 3 rings (SSSR count). The first-order valence-electron chi connectivity index (χ1n) is 9.39. The van der Waals surface area contributed by atoms with E-state index in [1.165, 1.54) is 38.5 Å². The first kappa shape index (κ1) is 22.3. The molecule has 32 heavy (non-hydrogen) atoms. The van der Waals surface area contributed by atoms with Gasteiger partial charge in [-0.3, -0.25) is 20.2 Å². The minimum absolute atomic E-state index is 0.123.